The van der Waals surface area contributed by atoms with Crippen LogP contribution < -0.4 is 11.1 Å². The van der Waals surface area contributed by atoms with Gasteiger partial charge >= 0.3 is 0 Å². The minimum Gasteiger partial charge on any atom is -0.330 e. The Morgan fingerprint density at radius 1 is 1.31 bits per heavy atom. The number of nitrogens with zero attached hydrogens (tertiary/aromatic N) is 1. The van der Waals surface area contributed by atoms with Gasteiger partial charge in [-0.1, -0.05) is 13.8 Å². The molecule has 1 rings (SSSR count). The molecule has 1 unspecified atom stereocenters. The molecule has 0 radical (unpaired) electrons. The highest BCUT2D eigenvalue weighted by molar-refractivity contribution is 4.97. The van der Waals surface area contributed by atoms with Crippen molar-refractivity contribution in [1.29, 1.82) is 0 Å². The molecule has 0 amide bonds. The lowest BCUT2D eigenvalue weighted by atomic mass is 9.75. The molecule has 3 heteroatoms. The van der Waals surface area contributed by atoms with Crippen LogP contribution in [0.5, 0.6) is 0 Å². The number of hydrogen-bond donors (Lipinski definition) is 2. The standard InChI is InChI=1S/C13H29N3/c1-11(2)12(8-14)9-15-10-13(16(3)4)6-5-7-13/h11-12,15H,5-10,14H2,1-4H3. The minimum absolute atomic E-state index is 0.427. The van der Waals surface area contributed by atoms with Gasteiger partial charge in [0.15, 0.2) is 0 Å². The molecule has 3 N–H and O–H groups in total. The summed E-state index contributed by atoms with van der Waals surface area (Å²) < 4.78 is 0. The molecule has 0 bridgehead atoms. The minimum atomic E-state index is 0.427. The second kappa shape index (κ2) is 5.99. The number of nitrogens with one attached hydrogen (secondary N) is 1. The van der Waals surface area contributed by atoms with Crippen molar-refractivity contribution in [2.24, 2.45) is 17.6 Å². The summed E-state index contributed by atoms with van der Waals surface area (Å²) in [6.45, 7) is 7.47. The zero-order chi connectivity index (χ0) is 12.2. The van der Waals surface area contributed by atoms with Crippen molar-refractivity contribution >= 4 is 0 Å². The summed E-state index contributed by atoms with van der Waals surface area (Å²) in [5.74, 6) is 1.29. The SMILES string of the molecule is CC(C)C(CN)CNCC1(N(C)C)CCC1. The highest BCUT2D eigenvalue weighted by Gasteiger charge is 2.38. The van der Waals surface area contributed by atoms with E-state index in [4.69, 9.17) is 5.73 Å². The van der Waals surface area contributed by atoms with E-state index in [0.29, 0.717) is 17.4 Å². The van der Waals surface area contributed by atoms with Gasteiger partial charge in [-0.3, -0.25) is 0 Å². The first-order chi connectivity index (χ1) is 7.52. The lowest BCUT2D eigenvalue weighted by Crippen LogP contribution is -2.57. The van der Waals surface area contributed by atoms with Crippen LogP contribution >= 0.6 is 0 Å². The lowest BCUT2D eigenvalue weighted by molar-refractivity contribution is 0.0587. The van der Waals surface area contributed by atoms with Gasteiger partial charge < -0.3 is 16.0 Å². The van der Waals surface area contributed by atoms with Gasteiger partial charge in [0.25, 0.3) is 0 Å². The molecule has 1 atom stereocenters. The van der Waals surface area contributed by atoms with Crippen molar-refractivity contribution < 1.29 is 0 Å². The number of nitrogens with two attached hydrogens (primary N) is 1. The lowest BCUT2D eigenvalue weighted by Gasteiger charge is -2.47. The molecule has 1 saturated carbocycles. The van der Waals surface area contributed by atoms with Gasteiger partial charge in [0.2, 0.25) is 0 Å². The Labute approximate surface area is 101 Å². The van der Waals surface area contributed by atoms with Crippen LogP contribution in [-0.4, -0.2) is 44.2 Å². The summed E-state index contributed by atoms with van der Waals surface area (Å²) in [4.78, 5) is 2.39. The van der Waals surface area contributed by atoms with Crippen molar-refractivity contribution in [3.05, 3.63) is 0 Å². The average Bonchev–Trinajstić information content (AvgIpc) is 2.14. The molecular weight excluding hydrogens is 198 g/mol. The number of likely N-dealkylation sites (N-methyl/N-ethyl adjacent to an activating group) is 1. The maximum absolute atomic E-state index is 5.78. The molecule has 0 aromatic carbocycles. The van der Waals surface area contributed by atoms with Crippen LogP contribution in [0.4, 0.5) is 0 Å². The Morgan fingerprint density at radius 3 is 2.25 bits per heavy atom. The van der Waals surface area contributed by atoms with E-state index in [0.717, 1.165) is 19.6 Å². The van der Waals surface area contributed by atoms with Crippen molar-refractivity contribution in [2.75, 3.05) is 33.7 Å². The fourth-order valence-electron chi connectivity index (χ4n) is 2.45. The molecular formula is C13H29N3. The van der Waals surface area contributed by atoms with Gasteiger partial charge in [-0.05, 0) is 58.3 Å². The topological polar surface area (TPSA) is 41.3 Å². The second-order valence-electron chi connectivity index (χ2n) is 5.84. The molecule has 3 nitrogen and oxygen atoms in total. The third kappa shape index (κ3) is 3.19. The quantitative estimate of drug-likeness (QED) is 0.689. The summed E-state index contributed by atoms with van der Waals surface area (Å²) in [5, 5.41) is 3.62. The maximum atomic E-state index is 5.78. The van der Waals surface area contributed by atoms with Gasteiger partial charge in [0.1, 0.15) is 0 Å². The van der Waals surface area contributed by atoms with E-state index in [1.807, 2.05) is 0 Å². The average molecular weight is 227 g/mol. The van der Waals surface area contributed by atoms with E-state index in [1.165, 1.54) is 19.3 Å². The van der Waals surface area contributed by atoms with Crippen molar-refractivity contribution in [3.63, 3.8) is 0 Å². The third-order valence-electron chi connectivity index (χ3n) is 4.34. The zero-order valence-corrected chi connectivity index (χ0v) is 11.4. The largest absolute Gasteiger partial charge is 0.330 e. The van der Waals surface area contributed by atoms with E-state index in [1.54, 1.807) is 0 Å². The molecule has 1 fully saturated rings. The predicted octanol–water partition coefficient (Wildman–Crippen LogP) is 1.29. The van der Waals surface area contributed by atoms with E-state index in [9.17, 15) is 0 Å². The van der Waals surface area contributed by atoms with Crippen LogP contribution in [-0.2, 0) is 0 Å². The summed E-state index contributed by atoms with van der Waals surface area (Å²) in [7, 11) is 4.40. The fourth-order valence-corrected chi connectivity index (χ4v) is 2.45. The Bertz CT molecular complexity index is 197. The van der Waals surface area contributed by atoms with Crippen LogP contribution in [0, 0.1) is 11.8 Å². The Hall–Kier alpha value is -0.120. The van der Waals surface area contributed by atoms with Crippen molar-refractivity contribution in [2.45, 2.75) is 38.6 Å². The molecule has 0 spiro atoms. The van der Waals surface area contributed by atoms with Gasteiger partial charge in [0, 0.05) is 12.1 Å². The van der Waals surface area contributed by atoms with Crippen LogP contribution in [0.15, 0.2) is 0 Å². The van der Waals surface area contributed by atoms with E-state index < -0.39 is 0 Å². The Morgan fingerprint density at radius 2 is 1.94 bits per heavy atom. The van der Waals surface area contributed by atoms with Gasteiger partial charge in [-0.15, -0.1) is 0 Å². The van der Waals surface area contributed by atoms with Crippen LogP contribution in [0.25, 0.3) is 0 Å². The molecule has 0 saturated heterocycles. The van der Waals surface area contributed by atoms with E-state index >= 15 is 0 Å². The zero-order valence-electron chi connectivity index (χ0n) is 11.4. The Kier molecular flexibility index (Phi) is 5.22. The molecule has 96 valence electrons. The molecule has 1 aliphatic rings. The molecule has 16 heavy (non-hydrogen) atoms. The molecule has 0 aromatic heterocycles. The molecule has 0 aliphatic heterocycles. The van der Waals surface area contributed by atoms with Crippen LogP contribution in [0.3, 0.4) is 0 Å². The fraction of sp³-hybridized carbons (Fsp3) is 1.00. The first-order valence-corrected chi connectivity index (χ1v) is 6.60. The van der Waals surface area contributed by atoms with E-state index in [-0.39, 0.29) is 0 Å². The third-order valence-corrected chi connectivity index (χ3v) is 4.34. The molecule has 0 heterocycles. The summed E-state index contributed by atoms with van der Waals surface area (Å²) in [6, 6.07) is 0. The highest BCUT2D eigenvalue weighted by atomic mass is 15.2. The van der Waals surface area contributed by atoms with E-state index in [2.05, 4.69) is 38.2 Å². The maximum Gasteiger partial charge on any atom is 0.0327 e. The first-order valence-electron chi connectivity index (χ1n) is 6.60. The first kappa shape index (κ1) is 13.9. The van der Waals surface area contributed by atoms with Crippen molar-refractivity contribution in [3.8, 4) is 0 Å². The monoisotopic (exact) mass is 227 g/mol. The summed E-state index contributed by atoms with van der Waals surface area (Å²) in [6.07, 6.45) is 4.05. The normalized spacial score (nSPS) is 21.2. The van der Waals surface area contributed by atoms with Gasteiger partial charge in [-0.2, -0.15) is 0 Å². The predicted molar refractivity (Wildman–Crippen MR) is 70.5 cm³/mol. The van der Waals surface area contributed by atoms with Crippen molar-refractivity contribution in [1.82, 2.24) is 10.2 Å². The molecule has 1 aliphatic carbocycles. The highest BCUT2D eigenvalue weighted by Crippen LogP contribution is 2.35. The van der Waals surface area contributed by atoms with Crippen LogP contribution in [0.2, 0.25) is 0 Å². The van der Waals surface area contributed by atoms with Crippen LogP contribution in [0.1, 0.15) is 33.1 Å². The van der Waals surface area contributed by atoms with Gasteiger partial charge in [0.05, 0.1) is 0 Å². The summed E-state index contributed by atoms with van der Waals surface area (Å²) in [5.41, 5.74) is 6.21. The summed E-state index contributed by atoms with van der Waals surface area (Å²) >= 11 is 0. The smallest absolute Gasteiger partial charge is 0.0327 e. The molecule has 0 aromatic rings. The number of hydrogen-bond acceptors (Lipinski definition) is 3. The van der Waals surface area contributed by atoms with Gasteiger partial charge in [-0.25, -0.2) is 0 Å². The number of rotatable bonds is 7. The second-order valence-corrected chi connectivity index (χ2v) is 5.84. The Balaban J connectivity index is 2.28.